The molecule has 1 aromatic heterocycles. The molecule has 0 aliphatic carbocycles. The molecule has 0 spiro atoms. The fraction of sp³-hybridized carbons (Fsp3) is 0.423. The lowest BCUT2D eigenvalue weighted by molar-refractivity contribution is -0.384. The van der Waals surface area contributed by atoms with E-state index in [0.717, 1.165) is 75.2 Å². The van der Waals surface area contributed by atoms with E-state index in [-0.39, 0.29) is 17.2 Å². The van der Waals surface area contributed by atoms with Gasteiger partial charge in [0.15, 0.2) is 0 Å². The average Bonchev–Trinajstić information content (AvgIpc) is 3.42. The standard InChI is InChI=1S/C26H30ClN9O3/c27-21-10-4-3-9-20(21)26-30-32-35(31-26)18-25(37)29-28-17-19-15-24(36(38)39)23(34-13-7-2-8-14-34)16-22(19)33-11-5-1-6-12-33/h3-4,9-10,15-17H,1-2,5-8,11-14,18H2,(H,29,37). The smallest absolute Gasteiger partial charge is 0.293 e. The first-order valence-corrected chi connectivity index (χ1v) is 13.5. The topological polar surface area (TPSA) is 135 Å². The Morgan fingerprint density at radius 3 is 2.36 bits per heavy atom. The Hall–Kier alpha value is -4.06. The van der Waals surface area contributed by atoms with E-state index in [4.69, 9.17) is 11.6 Å². The number of hydrazone groups is 1. The summed E-state index contributed by atoms with van der Waals surface area (Å²) in [5.74, 6) is -0.155. The number of nitrogens with one attached hydrogen (secondary N) is 1. The van der Waals surface area contributed by atoms with E-state index in [0.29, 0.717) is 27.7 Å². The van der Waals surface area contributed by atoms with Gasteiger partial charge in [0, 0.05) is 49.1 Å². The van der Waals surface area contributed by atoms with Crippen molar-refractivity contribution < 1.29 is 9.72 Å². The highest BCUT2D eigenvalue weighted by Crippen LogP contribution is 2.37. The van der Waals surface area contributed by atoms with E-state index < -0.39 is 5.91 Å². The minimum Gasteiger partial charge on any atom is -0.371 e. The molecule has 13 heteroatoms. The van der Waals surface area contributed by atoms with Crippen LogP contribution in [0, 0.1) is 10.1 Å². The van der Waals surface area contributed by atoms with Gasteiger partial charge < -0.3 is 9.80 Å². The highest BCUT2D eigenvalue weighted by atomic mass is 35.5. The maximum Gasteiger partial charge on any atom is 0.293 e. The summed E-state index contributed by atoms with van der Waals surface area (Å²) in [7, 11) is 0. The van der Waals surface area contributed by atoms with Gasteiger partial charge in [0.05, 0.1) is 16.2 Å². The Bertz CT molecular complexity index is 1360. The average molecular weight is 552 g/mol. The number of hydrogen-bond donors (Lipinski definition) is 1. The molecule has 2 saturated heterocycles. The molecule has 5 rings (SSSR count). The molecule has 2 aliphatic rings. The SMILES string of the molecule is O=C(Cn1nnc(-c2ccccc2Cl)n1)NN=Cc1cc([N+](=O)[O-])c(N2CCCCC2)cc1N1CCCCC1. The second kappa shape index (κ2) is 12.2. The number of anilines is 2. The molecule has 2 fully saturated rings. The first-order valence-electron chi connectivity index (χ1n) is 13.2. The van der Waals surface area contributed by atoms with Crippen molar-refractivity contribution in [3.05, 3.63) is 57.1 Å². The van der Waals surface area contributed by atoms with Crippen LogP contribution >= 0.6 is 11.6 Å². The number of carbonyl (C=O) groups excluding carboxylic acids is 1. The molecule has 0 unspecified atom stereocenters. The molecule has 204 valence electrons. The number of carbonyl (C=O) groups is 1. The lowest BCUT2D eigenvalue weighted by Gasteiger charge is -2.33. The van der Waals surface area contributed by atoms with Crippen LogP contribution in [0.3, 0.4) is 0 Å². The van der Waals surface area contributed by atoms with Crippen LogP contribution in [0.25, 0.3) is 11.4 Å². The summed E-state index contributed by atoms with van der Waals surface area (Å²) in [5.41, 5.74) is 5.26. The van der Waals surface area contributed by atoms with Gasteiger partial charge in [-0.05, 0) is 61.9 Å². The van der Waals surface area contributed by atoms with Gasteiger partial charge in [-0.1, -0.05) is 23.7 Å². The van der Waals surface area contributed by atoms with Crippen molar-refractivity contribution >= 4 is 40.8 Å². The van der Waals surface area contributed by atoms with E-state index >= 15 is 0 Å². The van der Waals surface area contributed by atoms with Crippen LogP contribution in [0.2, 0.25) is 5.02 Å². The Morgan fingerprint density at radius 1 is 1.03 bits per heavy atom. The van der Waals surface area contributed by atoms with Crippen LogP contribution in [0.1, 0.15) is 44.1 Å². The predicted octanol–water partition coefficient (Wildman–Crippen LogP) is 4.03. The summed E-state index contributed by atoms with van der Waals surface area (Å²) < 4.78 is 0. The summed E-state index contributed by atoms with van der Waals surface area (Å²) in [6, 6.07) is 10.6. The lowest BCUT2D eigenvalue weighted by Crippen LogP contribution is -2.32. The molecule has 0 bridgehead atoms. The van der Waals surface area contributed by atoms with Crippen LogP contribution in [-0.2, 0) is 11.3 Å². The van der Waals surface area contributed by atoms with Gasteiger partial charge in [-0.3, -0.25) is 14.9 Å². The van der Waals surface area contributed by atoms with Crippen LogP contribution in [-0.4, -0.2) is 63.4 Å². The van der Waals surface area contributed by atoms with Crippen LogP contribution in [0.5, 0.6) is 0 Å². The lowest BCUT2D eigenvalue weighted by atomic mass is 10.0. The van der Waals surface area contributed by atoms with E-state index in [9.17, 15) is 14.9 Å². The number of amides is 1. The highest BCUT2D eigenvalue weighted by molar-refractivity contribution is 6.33. The third kappa shape index (κ3) is 6.33. The molecular weight excluding hydrogens is 522 g/mol. The van der Waals surface area contributed by atoms with Gasteiger partial charge in [0.2, 0.25) is 5.82 Å². The number of benzene rings is 2. The Labute approximate surface area is 230 Å². The van der Waals surface area contributed by atoms with Crippen molar-refractivity contribution in [1.82, 2.24) is 25.6 Å². The van der Waals surface area contributed by atoms with Crippen molar-refractivity contribution in [3.63, 3.8) is 0 Å². The maximum absolute atomic E-state index is 12.5. The predicted molar refractivity (Wildman–Crippen MR) is 149 cm³/mol. The van der Waals surface area contributed by atoms with Crippen LogP contribution < -0.4 is 15.2 Å². The first kappa shape index (κ1) is 26.5. The number of nitro groups is 1. The van der Waals surface area contributed by atoms with Crippen molar-refractivity contribution in [1.29, 1.82) is 0 Å². The van der Waals surface area contributed by atoms with Gasteiger partial charge in [-0.2, -0.15) is 9.90 Å². The number of rotatable bonds is 8. The third-order valence-electron chi connectivity index (χ3n) is 6.96. The Balaban J connectivity index is 1.34. The number of nitro benzene ring substituents is 1. The zero-order valence-corrected chi connectivity index (χ0v) is 22.3. The fourth-order valence-corrected chi connectivity index (χ4v) is 5.25. The van der Waals surface area contributed by atoms with Crippen LogP contribution in [0.4, 0.5) is 17.1 Å². The number of nitrogens with zero attached hydrogens (tertiary/aromatic N) is 8. The molecule has 2 aliphatic heterocycles. The number of tetrazole rings is 1. The minimum atomic E-state index is -0.465. The summed E-state index contributed by atoms with van der Waals surface area (Å²) in [6.45, 7) is 3.14. The van der Waals surface area contributed by atoms with E-state index in [2.05, 4.69) is 35.7 Å². The summed E-state index contributed by atoms with van der Waals surface area (Å²) in [5, 5.41) is 28.7. The zero-order valence-electron chi connectivity index (χ0n) is 21.5. The molecule has 3 heterocycles. The Kier molecular flexibility index (Phi) is 8.30. The quantitative estimate of drug-likeness (QED) is 0.252. The normalized spacial score (nSPS) is 16.0. The van der Waals surface area contributed by atoms with Gasteiger partial charge in [-0.15, -0.1) is 10.2 Å². The summed E-state index contributed by atoms with van der Waals surface area (Å²) in [4.78, 5) is 29.7. The van der Waals surface area contributed by atoms with E-state index in [1.54, 1.807) is 24.3 Å². The number of halogens is 1. The van der Waals surface area contributed by atoms with Crippen molar-refractivity contribution in [2.45, 2.75) is 45.1 Å². The number of hydrogen-bond acceptors (Lipinski definition) is 9. The molecule has 2 aromatic carbocycles. The molecule has 12 nitrogen and oxygen atoms in total. The zero-order chi connectivity index (χ0) is 27.2. The molecular formula is C26H30ClN9O3. The van der Waals surface area contributed by atoms with Crippen molar-refractivity contribution in [3.8, 4) is 11.4 Å². The molecule has 1 N–H and O–H groups in total. The van der Waals surface area contributed by atoms with Crippen molar-refractivity contribution in [2.75, 3.05) is 36.0 Å². The second-order valence-corrected chi connectivity index (χ2v) is 10.1. The number of aromatic nitrogens is 4. The maximum atomic E-state index is 12.5. The highest BCUT2D eigenvalue weighted by Gasteiger charge is 2.26. The van der Waals surface area contributed by atoms with Gasteiger partial charge in [0.25, 0.3) is 11.6 Å². The van der Waals surface area contributed by atoms with Gasteiger partial charge in [0.1, 0.15) is 12.2 Å². The molecule has 0 atom stereocenters. The van der Waals surface area contributed by atoms with Gasteiger partial charge in [-0.25, -0.2) is 5.43 Å². The fourth-order valence-electron chi connectivity index (χ4n) is 5.03. The molecule has 1 amide bonds. The van der Waals surface area contributed by atoms with Gasteiger partial charge >= 0.3 is 0 Å². The monoisotopic (exact) mass is 551 g/mol. The first-order chi connectivity index (χ1) is 19.0. The Morgan fingerprint density at radius 2 is 1.69 bits per heavy atom. The second-order valence-electron chi connectivity index (χ2n) is 9.67. The molecule has 0 saturated carbocycles. The van der Waals surface area contributed by atoms with Crippen molar-refractivity contribution in [2.24, 2.45) is 5.10 Å². The molecule has 3 aromatic rings. The molecule has 39 heavy (non-hydrogen) atoms. The van der Waals surface area contributed by atoms with E-state index in [1.165, 1.54) is 6.21 Å². The summed E-state index contributed by atoms with van der Waals surface area (Å²) >= 11 is 6.19. The molecule has 0 radical (unpaired) electrons. The minimum absolute atomic E-state index is 0.0457. The largest absolute Gasteiger partial charge is 0.371 e. The number of piperidine rings is 2. The third-order valence-corrected chi connectivity index (χ3v) is 7.29. The van der Waals surface area contributed by atoms with E-state index in [1.807, 2.05) is 12.1 Å². The van der Waals surface area contributed by atoms with Crippen LogP contribution in [0.15, 0.2) is 41.5 Å². The summed E-state index contributed by atoms with van der Waals surface area (Å²) in [6.07, 6.45) is 7.93.